The first-order valence-electron chi connectivity index (χ1n) is 10.8. The van der Waals surface area contributed by atoms with E-state index in [4.69, 9.17) is 9.47 Å². The smallest absolute Gasteiger partial charge is 0.271 e. The van der Waals surface area contributed by atoms with Crippen molar-refractivity contribution in [2.24, 2.45) is 28.8 Å². The molecule has 2 N–H and O–H groups in total. The van der Waals surface area contributed by atoms with Crippen LogP contribution in [-0.2, 0) is 4.79 Å². The SMILES string of the molecule is COc1ccc(C(=O)NN=C(C)CC(=O)NC2C3CC4CC(C3)CC2C4)cc1OC. The Morgan fingerprint density at radius 1 is 1.00 bits per heavy atom. The van der Waals surface area contributed by atoms with Gasteiger partial charge in [-0.1, -0.05) is 0 Å². The first kappa shape index (κ1) is 20.7. The number of amides is 2. The summed E-state index contributed by atoms with van der Waals surface area (Å²) in [4.78, 5) is 25.0. The zero-order chi connectivity index (χ0) is 21.3. The minimum atomic E-state index is -0.364. The summed E-state index contributed by atoms with van der Waals surface area (Å²) < 4.78 is 10.4. The lowest BCUT2D eigenvalue weighted by atomic mass is 9.54. The maximum absolute atomic E-state index is 12.6. The molecule has 4 aliphatic carbocycles. The highest BCUT2D eigenvalue weighted by molar-refractivity contribution is 6.01. The van der Waals surface area contributed by atoms with Gasteiger partial charge < -0.3 is 14.8 Å². The van der Waals surface area contributed by atoms with E-state index >= 15 is 0 Å². The molecule has 1 aromatic carbocycles. The highest BCUT2D eigenvalue weighted by Gasteiger charge is 2.48. The lowest BCUT2D eigenvalue weighted by Crippen LogP contribution is -2.56. The molecule has 7 heteroatoms. The minimum absolute atomic E-state index is 0.00547. The van der Waals surface area contributed by atoms with Gasteiger partial charge in [0.15, 0.2) is 11.5 Å². The van der Waals surface area contributed by atoms with Gasteiger partial charge in [0.05, 0.1) is 20.6 Å². The molecule has 4 fully saturated rings. The van der Waals surface area contributed by atoms with Gasteiger partial charge in [0.2, 0.25) is 5.91 Å². The van der Waals surface area contributed by atoms with Crippen LogP contribution in [0, 0.1) is 23.7 Å². The Balaban J connectivity index is 1.30. The molecule has 0 unspecified atom stereocenters. The molecule has 0 atom stereocenters. The molecule has 0 radical (unpaired) electrons. The van der Waals surface area contributed by atoms with Crippen LogP contribution in [0.4, 0.5) is 0 Å². The summed E-state index contributed by atoms with van der Waals surface area (Å²) in [6, 6.07) is 5.22. The zero-order valence-electron chi connectivity index (χ0n) is 17.9. The normalized spacial score (nSPS) is 29.4. The molecule has 1 aromatic rings. The molecule has 0 aromatic heterocycles. The predicted octanol–water partition coefficient (Wildman–Crippen LogP) is 3.14. The molecular formula is C23H31N3O4. The highest BCUT2D eigenvalue weighted by atomic mass is 16.5. The number of hydrogen-bond acceptors (Lipinski definition) is 5. The van der Waals surface area contributed by atoms with Crippen LogP contribution < -0.4 is 20.2 Å². The molecule has 0 saturated heterocycles. The maximum Gasteiger partial charge on any atom is 0.271 e. The van der Waals surface area contributed by atoms with Crippen LogP contribution in [0.15, 0.2) is 23.3 Å². The fourth-order valence-corrected chi connectivity index (χ4v) is 5.86. The Morgan fingerprint density at radius 3 is 2.23 bits per heavy atom. The fraction of sp³-hybridized carbons (Fsp3) is 0.609. The number of carbonyl (C=O) groups is 2. The van der Waals surface area contributed by atoms with Crippen LogP contribution in [0.25, 0.3) is 0 Å². The van der Waals surface area contributed by atoms with Gasteiger partial charge in [-0.3, -0.25) is 9.59 Å². The molecule has 0 heterocycles. The second kappa shape index (κ2) is 8.66. The summed E-state index contributed by atoms with van der Waals surface area (Å²) in [7, 11) is 3.06. The van der Waals surface area contributed by atoms with Crippen molar-refractivity contribution >= 4 is 17.5 Å². The van der Waals surface area contributed by atoms with Crippen molar-refractivity contribution in [1.29, 1.82) is 0 Å². The van der Waals surface area contributed by atoms with Gasteiger partial charge in [-0.15, -0.1) is 0 Å². The molecule has 5 rings (SSSR count). The number of methoxy groups -OCH3 is 2. The number of hydrogen-bond donors (Lipinski definition) is 2. The van der Waals surface area contributed by atoms with Crippen molar-refractivity contribution in [3.8, 4) is 11.5 Å². The summed E-state index contributed by atoms with van der Waals surface area (Å²) >= 11 is 0. The van der Waals surface area contributed by atoms with Crippen molar-refractivity contribution in [3.63, 3.8) is 0 Å². The summed E-state index contributed by atoms with van der Waals surface area (Å²) in [5.74, 6) is 3.72. The quantitative estimate of drug-likeness (QED) is 0.531. The van der Waals surface area contributed by atoms with E-state index in [1.165, 1.54) is 39.2 Å². The Bertz CT molecular complexity index is 823. The average molecular weight is 414 g/mol. The van der Waals surface area contributed by atoms with Crippen molar-refractivity contribution in [3.05, 3.63) is 23.8 Å². The van der Waals surface area contributed by atoms with E-state index < -0.39 is 0 Å². The molecule has 30 heavy (non-hydrogen) atoms. The first-order valence-corrected chi connectivity index (χ1v) is 10.8. The number of nitrogens with one attached hydrogen (secondary N) is 2. The van der Waals surface area contributed by atoms with Crippen LogP contribution in [-0.4, -0.2) is 37.8 Å². The third-order valence-electron chi connectivity index (χ3n) is 6.96. The zero-order valence-corrected chi connectivity index (χ0v) is 17.9. The summed E-state index contributed by atoms with van der Waals surface area (Å²) in [6.45, 7) is 1.76. The first-order chi connectivity index (χ1) is 14.5. The standard InChI is InChI=1S/C23H31N3O4/c1-13(25-26-23(28)16-4-5-19(29-2)20(12-16)30-3)6-21(27)24-22-17-8-14-7-15(10-17)11-18(22)9-14/h4-5,12,14-15,17-18,22H,6-11H2,1-3H3,(H,24,27)(H,26,28). The predicted molar refractivity (Wildman–Crippen MR) is 114 cm³/mol. The highest BCUT2D eigenvalue weighted by Crippen LogP contribution is 2.53. The lowest BCUT2D eigenvalue weighted by molar-refractivity contribution is -0.123. The number of carbonyl (C=O) groups excluding carboxylic acids is 2. The summed E-state index contributed by atoms with van der Waals surface area (Å²) in [6.07, 6.45) is 6.67. The van der Waals surface area contributed by atoms with Gasteiger partial charge >= 0.3 is 0 Å². The molecule has 4 aliphatic rings. The largest absolute Gasteiger partial charge is 0.493 e. The monoisotopic (exact) mass is 413 g/mol. The number of hydrazone groups is 1. The van der Waals surface area contributed by atoms with E-state index in [-0.39, 0.29) is 18.2 Å². The molecule has 0 aliphatic heterocycles. The molecule has 162 valence electrons. The average Bonchev–Trinajstić information content (AvgIpc) is 2.73. The minimum Gasteiger partial charge on any atom is -0.493 e. The summed E-state index contributed by atoms with van der Waals surface area (Å²) in [5.41, 5.74) is 3.50. The van der Waals surface area contributed by atoms with E-state index in [0.717, 1.165) is 11.8 Å². The van der Waals surface area contributed by atoms with Crippen LogP contribution in [0.3, 0.4) is 0 Å². The molecule has 7 nitrogen and oxygen atoms in total. The Kier molecular flexibility index (Phi) is 5.97. The molecule has 4 bridgehead atoms. The molecule has 0 spiro atoms. The van der Waals surface area contributed by atoms with Gasteiger partial charge in [-0.25, -0.2) is 5.43 Å². The number of nitrogens with zero attached hydrogens (tertiary/aromatic N) is 1. The molecule has 4 saturated carbocycles. The van der Waals surface area contributed by atoms with E-state index in [1.54, 1.807) is 32.2 Å². The lowest BCUT2D eigenvalue weighted by Gasteiger charge is -2.54. The fourth-order valence-electron chi connectivity index (χ4n) is 5.86. The van der Waals surface area contributed by atoms with Crippen molar-refractivity contribution in [2.45, 2.75) is 51.5 Å². The van der Waals surface area contributed by atoms with Gasteiger partial charge in [0, 0.05) is 17.3 Å². The van der Waals surface area contributed by atoms with Crippen LogP contribution >= 0.6 is 0 Å². The van der Waals surface area contributed by atoms with Crippen molar-refractivity contribution < 1.29 is 19.1 Å². The van der Waals surface area contributed by atoms with Gasteiger partial charge in [0.25, 0.3) is 5.91 Å². The number of ether oxygens (including phenoxy) is 2. The van der Waals surface area contributed by atoms with Crippen molar-refractivity contribution in [2.75, 3.05) is 14.2 Å². The Hall–Kier alpha value is -2.57. The topological polar surface area (TPSA) is 89.0 Å². The van der Waals surface area contributed by atoms with Gasteiger partial charge in [-0.05, 0) is 80.9 Å². The maximum atomic E-state index is 12.6. The third kappa shape index (κ3) is 4.30. The number of rotatable bonds is 7. The van der Waals surface area contributed by atoms with E-state index in [2.05, 4.69) is 15.8 Å². The summed E-state index contributed by atoms with van der Waals surface area (Å²) in [5, 5.41) is 7.38. The van der Waals surface area contributed by atoms with E-state index in [1.807, 2.05) is 0 Å². The van der Waals surface area contributed by atoms with E-state index in [0.29, 0.717) is 40.7 Å². The van der Waals surface area contributed by atoms with Crippen molar-refractivity contribution in [1.82, 2.24) is 10.7 Å². The van der Waals surface area contributed by atoms with Crippen LogP contribution in [0.1, 0.15) is 55.8 Å². The van der Waals surface area contributed by atoms with Crippen LogP contribution in [0.5, 0.6) is 11.5 Å². The molecular weight excluding hydrogens is 382 g/mol. The van der Waals surface area contributed by atoms with Crippen LogP contribution in [0.2, 0.25) is 0 Å². The second-order valence-corrected chi connectivity index (χ2v) is 9.06. The second-order valence-electron chi connectivity index (χ2n) is 9.06. The molecule has 2 amide bonds. The number of benzene rings is 1. The Labute approximate surface area is 177 Å². The van der Waals surface area contributed by atoms with E-state index in [9.17, 15) is 9.59 Å². The van der Waals surface area contributed by atoms with Gasteiger partial charge in [0.1, 0.15) is 0 Å². The van der Waals surface area contributed by atoms with Gasteiger partial charge in [-0.2, -0.15) is 5.10 Å². The third-order valence-corrected chi connectivity index (χ3v) is 6.96. The Morgan fingerprint density at radius 2 is 1.63 bits per heavy atom.